The summed E-state index contributed by atoms with van der Waals surface area (Å²) in [7, 11) is 0. The largest absolute Gasteiger partial charge is 0.381 e. The van der Waals surface area contributed by atoms with Crippen LogP contribution in [0.2, 0.25) is 0 Å². The molecule has 0 heterocycles. The zero-order valence-electron chi connectivity index (χ0n) is 11.4. The molecule has 3 rings (SSSR count). The van der Waals surface area contributed by atoms with Gasteiger partial charge in [-0.15, -0.1) is 0 Å². The first-order chi connectivity index (χ1) is 9.72. The third-order valence-corrected chi connectivity index (χ3v) is 3.49. The van der Waals surface area contributed by atoms with Crippen molar-refractivity contribution in [1.82, 2.24) is 0 Å². The summed E-state index contributed by atoms with van der Waals surface area (Å²) in [4.78, 5) is 0. The Bertz CT molecular complexity index is 749. The smallest absolute Gasteiger partial charge is 0.123 e. The van der Waals surface area contributed by atoms with Crippen LogP contribution < -0.4 is 5.32 Å². The monoisotopic (exact) mass is 265 g/mol. The molecule has 3 aromatic rings. The van der Waals surface area contributed by atoms with Gasteiger partial charge in [-0.3, -0.25) is 0 Å². The van der Waals surface area contributed by atoms with Crippen LogP contribution in [-0.4, -0.2) is 0 Å². The third kappa shape index (κ3) is 2.64. The summed E-state index contributed by atoms with van der Waals surface area (Å²) in [5.41, 5.74) is 3.11. The predicted molar refractivity (Wildman–Crippen MR) is 82.4 cm³/mol. The lowest BCUT2D eigenvalue weighted by atomic mass is 10.1. The second-order valence-electron chi connectivity index (χ2n) is 4.99. The highest BCUT2D eigenvalue weighted by atomic mass is 19.1. The predicted octanol–water partition coefficient (Wildman–Crippen LogP) is 4.90. The number of aryl methyl sites for hydroxylation is 1. The van der Waals surface area contributed by atoms with Crippen LogP contribution in [0.5, 0.6) is 0 Å². The van der Waals surface area contributed by atoms with Gasteiger partial charge in [-0.05, 0) is 53.1 Å². The number of benzene rings is 3. The molecule has 0 aromatic heterocycles. The Morgan fingerprint density at radius 2 is 1.70 bits per heavy atom. The van der Waals surface area contributed by atoms with Crippen LogP contribution in [-0.2, 0) is 6.54 Å². The summed E-state index contributed by atoms with van der Waals surface area (Å²) in [6.07, 6.45) is 0. The fraction of sp³-hybridized carbons (Fsp3) is 0.111. The molecule has 0 amide bonds. The standard InChI is InChI=1S/C18H16FN/c1-13-10-17(19)8-9-18(13)20-12-14-6-7-15-4-2-3-5-16(15)11-14/h2-11,20H,12H2,1H3. The van der Waals surface area contributed by atoms with Crippen molar-refractivity contribution in [2.45, 2.75) is 13.5 Å². The number of nitrogens with one attached hydrogen (secondary N) is 1. The Hall–Kier alpha value is -2.35. The molecule has 0 aliphatic rings. The van der Waals surface area contributed by atoms with E-state index < -0.39 is 0 Å². The maximum absolute atomic E-state index is 13.1. The summed E-state index contributed by atoms with van der Waals surface area (Å²) in [5, 5.41) is 5.84. The van der Waals surface area contributed by atoms with E-state index in [1.165, 1.54) is 22.4 Å². The van der Waals surface area contributed by atoms with E-state index in [9.17, 15) is 4.39 Å². The van der Waals surface area contributed by atoms with E-state index >= 15 is 0 Å². The first-order valence-corrected chi connectivity index (χ1v) is 6.70. The molecule has 0 radical (unpaired) electrons. The Balaban J connectivity index is 1.79. The van der Waals surface area contributed by atoms with Crippen molar-refractivity contribution in [3.05, 3.63) is 77.6 Å². The van der Waals surface area contributed by atoms with E-state index in [0.717, 1.165) is 17.8 Å². The van der Waals surface area contributed by atoms with Gasteiger partial charge in [0.15, 0.2) is 0 Å². The van der Waals surface area contributed by atoms with Crippen molar-refractivity contribution in [3.8, 4) is 0 Å². The van der Waals surface area contributed by atoms with Crippen molar-refractivity contribution in [3.63, 3.8) is 0 Å². The molecule has 0 unspecified atom stereocenters. The molecule has 0 spiro atoms. The number of anilines is 1. The Kier molecular flexibility index (Phi) is 3.38. The van der Waals surface area contributed by atoms with E-state index in [-0.39, 0.29) is 5.82 Å². The molecule has 0 saturated heterocycles. The molecule has 2 heteroatoms. The molecule has 0 aliphatic heterocycles. The van der Waals surface area contributed by atoms with Crippen LogP contribution in [0.25, 0.3) is 10.8 Å². The van der Waals surface area contributed by atoms with Crippen molar-refractivity contribution in [2.75, 3.05) is 5.32 Å². The van der Waals surface area contributed by atoms with Crippen molar-refractivity contribution in [1.29, 1.82) is 0 Å². The third-order valence-electron chi connectivity index (χ3n) is 3.49. The number of hydrogen-bond acceptors (Lipinski definition) is 1. The van der Waals surface area contributed by atoms with Crippen molar-refractivity contribution < 1.29 is 4.39 Å². The molecule has 1 N–H and O–H groups in total. The minimum atomic E-state index is -0.196. The molecule has 0 aliphatic carbocycles. The molecule has 0 fully saturated rings. The maximum Gasteiger partial charge on any atom is 0.123 e. The van der Waals surface area contributed by atoms with Gasteiger partial charge in [0.25, 0.3) is 0 Å². The highest BCUT2D eigenvalue weighted by molar-refractivity contribution is 5.83. The Labute approximate surface area is 118 Å². The van der Waals surface area contributed by atoms with Crippen LogP contribution in [0, 0.1) is 12.7 Å². The average Bonchev–Trinajstić information content (AvgIpc) is 2.46. The lowest BCUT2D eigenvalue weighted by molar-refractivity contribution is 0.627. The molecule has 1 nitrogen and oxygen atoms in total. The van der Waals surface area contributed by atoms with Gasteiger partial charge in [0.2, 0.25) is 0 Å². The first-order valence-electron chi connectivity index (χ1n) is 6.70. The minimum absolute atomic E-state index is 0.196. The van der Waals surface area contributed by atoms with E-state index in [1.54, 1.807) is 12.1 Å². The molecule has 0 saturated carbocycles. The lowest BCUT2D eigenvalue weighted by Crippen LogP contribution is -2.01. The van der Waals surface area contributed by atoms with Gasteiger partial charge < -0.3 is 5.32 Å². The first kappa shape index (κ1) is 12.7. The summed E-state index contributed by atoms with van der Waals surface area (Å²) in [6, 6.07) is 19.5. The summed E-state index contributed by atoms with van der Waals surface area (Å²) in [6.45, 7) is 2.64. The van der Waals surface area contributed by atoms with Gasteiger partial charge in [0.05, 0.1) is 0 Å². The SMILES string of the molecule is Cc1cc(F)ccc1NCc1ccc2ccccc2c1. The zero-order valence-corrected chi connectivity index (χ0v) is 11.4. The number of hydrogen-bond donors (Lipinski definition) is 1. The van der Waals surface area contributed by atoms with Crippen molar-refractivity contribution in [2.24, 2.45) is 0 Å². The number of halogens is 1. The van der Waals surface area contributed by atoms with Crippen LogP contribution in [0.1, 0.15) is 11.1 Å². The normalized spacial score (nSPS) is 10.7. The van der Waals surface area contributed by atoms with Gasteiger partial charge in [-0.1, -0.05) is 36.4 Å². The van der Waals surface area contributed by atoms with Gasteiger partial charge in [-0.2, -0.15) is 0 Å². The van der Waals surface area contributed by atoms with Crippen LogP contribution >= 0.6 is 0 Å². The van der Waals surface area contributed by atoms with Crippen molar-refractivity contribution >= 4 is 16.5 Å². The second-order valence-corrected chi connectivity index (χ2v) is 4.99. The lowest BCUT2D eigenvalue weighted by Gasteiger charge is -2.10. The highest BCUT2D eigenvalue weighted by Crippen LogP contribution is 2.19. The Morgan fingerprint density at radius 3 is 2.50 bits per heavy atom. The van der Waals surface area contributed by atoms with E-state index in [1.807, 2.05) is 19.1 Å². The molecule has 100 valence electrons. The molecule has 0 bridgehead atoms. The topological polar surface area (TPSA) is 12.0 Å². The van der Waals surface area contributed by atoms with Gasteiger partial charge in [0.1, 0.15) is 5.82 Å². The molecular weight excluding hydrogens is 249 g/mol. The van der Waals surface area contributed by atoms with Crippen LogP contribution in [0.15, 0.2) is 60.7 Å². The van der Waals surface area contributed by atoms with Crippen LogP contribution in [0.4, 0.5) is 10.1 Å². The van der Waals surface area contributed by atoms with Crippen LogP contribution in [0.3, 0.4) is 0 Å². The van der Waals surface area contributed by atoms with Gasteiger partial charge >= 0.3 is 0 Å². The quantitative estimate of drug-likeness (QED) is 0.710. The number of fused-ring (bicyclic) bond motifs is 1. The van der Waals surface area contributed by atoms with E-state index in [0.29, 0.717) is 0 Å². The molecule has 3 aromatic carbocycles. The molecule has 20 heavy (non-hydrogen) atoms. The van der Waals surface area contributed by atoms with E-state index in [4.69, 9.17) is 0 Å². The number of rotatable bonds is 3. The average molecular weight is 265 g/mol. The molecular formula is C18H16FN. The fourth-order valence-electron chi connectivity index (χ4n) is 2.37. The van der Waals surface area contributed by atoms with E-state index in [2.05, 4.69) is 35.6 Å². The molecule has 0 atom stereocenters. The zero-order chi connectivity index (χ0) is 13.9. The fourth-order valence-corrected chi connectivity index (χ4v) is 2.37. The summed E-state index contributed by atoms with van der Waals surface area (Å²) < 4.78 is 13.1. The summed E-state index contributed by atoms with van der Waals surface area (Å²) >= 11 is 0. The van der Waals surface area contributed by atoms with Gasteiger partial charge in [-0.25, -0.2) is 4.39 Å². The second kappa shape index (κ2) is 5.33. The Morgan fingerprint density at radius 1 is 0.900 bits per heavy atom. The van der Waals surface area contributed by atoms with Gasteiger partial charge in [0, 0.05) is 12.2 Å². The maximum atomic E-state index is 13.1. The highest BCUT2D eigenvalue weighted by Gasteiger charge is 2.01. The summed E-state index contributed by atoms with van der Waals surface area (Å²) in [5.74, 6) is -0.196. The minimum Gasteiger partial charge on any atom is -0.381 e.